The molecular weight excluding hydrogens is 271 g/mol. The van der Waals surface area contributed by atoms with Gasteiger partial charge in [-0.05, 0) is 0 Å². The average molecular weight is 293 g/mol. The summed E-state index contributed by atoms with van der Waals surface area (Å²) in [4.78, 5) is 0. The summed E-state index contributed by atoms with van der Waals surface area (Å²) in [6.07, 6.45) is 7.52. The average Bonchev–Trinajstić information content (AvgIpc) is 2.16. The Labute approximate surface area is 93.7 Å². The standard InChI is InChI=1S/2C5H11O.Sn/c2*1-2-3-4-5-6;/h2*2-5H2,1H3;/q2*-1;+2. The molecule has 0 heterocycles. The first-order chi connectivity index (χ1) is 6.41. The molecule has 0 saturated heterocycles. The predicted octanol–water partition coefficient (Wildman–Crippen LogP) is 2.93. The van der Waals surface area contributed by atoms with Gasteiger partial charge in [0.15, 0.2) is 0 Å². The van der Waals surface area contributed by atoms with Crippen LogP contribution in [0.2, 0.25) is 0 Å². The minimum absolute atomic E-state index is 0.896. The Morgan fingerprint density at radius 2 is 1.23 bits per heavy atom. The summed E-state index contributed by atoms with van der Waals surface area (Å²) < 4.78 is 10.9. The van der Waals surface area contributed by atoms with Gasteiger partial charge in [-0.3, -0.25) is 0 Å². The third-order valence-corrected chi connectivity index (χ3v) is 3.66. The van der Waals surface area contributed by atoms with E-state index >= 15 is 0 Å². The molecule has 0 bridgehead atoms. The van der Waals surface area contributed by atoms with Gasteiger partial charge in [0.1, 0.15) is 0 Å². The normalized spacial score (nSPS) is 10.6. The first kappa shape index (κ1) is 13.7. The van der Waals surface area contributed by atoms with Gasteiger partial charge in [-0.15, -0.1) is 0 Å². The molecule has 0 aliphatic carbocycles. The summed E-state index contributed by atoms with van der Waals surface area (Å²) in [5.41, 5.74) is 0. The van der Waals surface area contributed by atoms with E-state index in [-0.39, 0.29) is 0 Å². The van der Waals surface area contributed by atoms with Crippen molar-refractivity contribution >= 4 is 22.0 Å². The topological polar surface area (TPSA) is 18.5 Å². The molecule has 0 rings (SSSR count). The second-order valence-electron chi connectivity index (χ2n) is 3.19. The summed E-state index contributed by atoms with van der Waals surface area (Å²) >= 11 is -0.896. The fourth-order valence-electron chi connectivity index (χ4n) is 0.973. The summed E-state index contributed by atoms with van der Waals surface area (Å²) in [7, 11) is 0. The van der Waals surface area contributed by atoms with Crippen LogP contribution < -0.4 is 0 Å². The second-order valence-corrected chi connectivity index (χ2v) is 5.32. The van der Waals surface area contributed by atoms with Gasteiger partial charge >= 0.3 is 93.7 Å². The molecule has 0 amide bonds. The van der Waals surface area contributed by atoms with Crippen molar-refractivity contribution in [2.75, 3.05) is 13.2 Å². The van der Waals surface area contributed by atoms with E-state index in [4.69, 9.17) is 6.15 Å². The van der Waals surface area contributed by atoms with Crippen LogP contribution in [0.3, 0.4) is 0 Å². The van der Waals surface area contributed by atoms with E-state index in [0.717, 1.165) is 13.2 Å². The van der Waals surface area contributed by atoms with Crippen LogP contribution in [0.1, 0.15) is 52.4 Å². The van der Waals surface area contributed by atoms with Crippen molar-refractivity contribution in [2.45, 2.75) is 52.4 Å². The molecule has 0 aromatic carbocycles. The van der Waals surface area contributed by atoms with E-state index in [2.05, 4.69) is 13.8 Å². The van der Waals surface area contributed by atoms with Crippen molar-refractivity contribution in [1.82, 2.24) is 0 Å². The third kappa shape index (κ3) is 12.7. The molecule has 0 atom stereocenters. The molecule has 13 heavy (non-hydrogen) atoms. The number of unbranched alkanes of at least 4 members (excludes halogenated alkanes) is 4. The number of hydrogen-bond acceptors (Lipinski definition) is 2. The quantitative estimate of drug-likeness (QED) is 0.455. The van der Waals surface area contributed by atoms with E-state index in [1.165, 1.54) is 38.5 Å². The van der Waals surface area contributed by atoms with Gasteiger partial charge in [-0.1, -0.05) is 0 Å². The first-order valence-corrected chi connectivity index (χ1v) is 7.73. The van der Waals surface area contributed by atoms with Gasteiger partial charge in [0, 0.05) is 0 Å². The first-order valence-electron chi connectivity index (χ1n) is 5.40. The van der Waals surface area contributed by atoms with Crippen LogP contribution in [0.25, 0.3) is 0 Å². The van der Waals surface area contributed by atoms with Crippen LogP contribution in [-0.2, 0) is 6.15 Å². The second kappa shape index (κ2) is 12.7. The Morgan fingerprint density at radius 1 is 0.769 bits per heavy atom. The molecule has 0 saturated carbocycles. The fourth-order valence-corrected chi connectivity index (χ4v) is 2.51. The van der Waals surface area contributed by atoms with Crippen molar-refractivity contribution in [3.63, 3.8) is 0 Å². The molecule has 78 valence electrons. The van der Waals surface area contributed by atoms with Gasteiger partial charge < -0.3 is 0 Å². The molecule has 0 aromatic heterocycles. The molecule has 0 spiro atoms. The molecule has 2 nitrogen and oxygen atoms in total. The Bertz CT molecular complexity index is 79.0. The van der Waals surface area contributed by atoms with Crippen LogP contribution in [0, 0.1) is 0 Å². The van der Waals surface area contributed by atoms with Gasteiger partial charge in [-0.2, -0.15) is 0 Å². The predicted molar refractivity (Wildman–Crippen MR) is 56.7 cm³/mol. The number of hydrogen-bond donors (Lipinski definition) is 0. The van der Waals surface area contributed by atoms with Crippen LogP contribution in [0.15, 0.2) is 0 Å². The van der Waals surface area contributed by atoms with Crippen LogP contribution in [0.4, 0.5) is 0 Å². The minimum atomic E-state index is -0.896. The number of rotatable bonds is 10. The molecule has 3 heteroatoms. The van der Waals surface area contributed by atoms with E-state index < -0.39 is 22.0 Å². The Balaban J connectivity index is 2.76. The molecular formula is C10H22O2Sn. The van der Waals surface area contributed by atoms with Crippen molar-refractivity contribution < 1.29 is 6.15 Å². The monoisotopic (exact) mass is 294 g/mol. The Kier molecular flexibility index (Phi) is 13.4. The van der Waals surface area contributed by atoms with Crippen molar-refractivity contribution in [2.24, 2.45) is 0 Å². The van der Waals surface area contributed by atoms with E-state index in [1.54, 1.807) is 0 Å². The third-order valence-electron chi connectivity index (χ3n) is 1.82. The van der Waals surface area contributed by atoms with E-state index in [9.17, 15) is 0 Å². The van der Waals surface area contributed by atoms with Crippen molar-refractivity contribution in [1.29, 1.82) is 0 Å². The zero-order valence-electron chi connectivity index (χ0n) is 8.97. The van der Waals surface area contributed by atoms with Crippen molar-refractivity contribution in [3.8, 4) is 0 Å². The molecule has 0 N–H and O–H groups in total. The molecule has 0 aliphatic rings. The van der Waals surface area contributed by atoms with Gasteiger partial charge in [0.25, 0.3) is 0 Å². The maximum absolute atomic E-state index is 5.46. The Morgan fingerprint density at radius 3 is 1.62 bits per heavy atom. The van der Waals surface area contributed by atoms with E-state index in [0.29, 0.717) is 0 Å². The van der Waals surface area contributed by atoms with Gasteiger partial charge in [0.2, 0.25) is 0 Å². The SMILES string of the molecule is CCCCC[O][Sn][O]CCCCC. The summed E-state index contributed by atoms with van der Waals surface area (Å²) in [6.45, 7) is 6.27. The molecule has 0 aliphatic heterocycles. The summed E-state index contributed by atoms with van der Waals surface area (Å²) in [6, 6.07) is 0. The van der Waals surface area contributed by atoms with Gasteiger partial charge in [0.05, 0.1) is 0 Å². The molecule has 2 radical (unpaired) electrons. The molecule has 0 aromatic rings. The van der Waals surface area contributed by atoms with E-state index in [1.807, 2.05) is 0 Å². The molecule has 0 fully saturated rings. The zero-order chi connectivity index (χ0) is 9.78. The van der Waals surface area contributed by atoms with Crippen LogP contribution >= 0.6 is 0 Å². The van der Waals surface area contributed by atoms with Gasteiger partial charge in [-0.25, -0.2) is 0 Å². The van der Waals surface area contributed by atoms with Crippen LogP contribution in [0.5, 0.6) is 0 Å². The Hall–Kier alpha value is 0.719. The summed E-state index contributed by atoms with van der Waals surface area (Å²) in [5, 5.41) is 0. The van der Waals surface area contributed by atoms with Crippen LogP contribution in [-0.4, -0.2) is 35.2 Å². The van der Waals surface area contributed by atoms with Crippen molar-refractivity contribution in [3.05, 3.63) is 0 Å². The maximum atomic E-state index is 5.46. The molecule has 0 unspecified atom stereocenters. The fraction of sp³-hybridized carbons (Fsp3) is 1.00. The zero-order valence-corrected chi connectivity index (χ0v) is 11.8. The summed E-state index contributed by atoms with van der Waals surface area (Å²) in [5.74, 6) is 0.